The molecular formula is C21H23FNO2. The molecule has 1 aliphatic rings. The highest BCUT2D eigenvalue weighted by molar-refractivity contribution is 5.69. The third-order valence-electron chi connectivity index (χ3n) is 4.20. The van der Waals surface area contributed by atoms with E-state index in [-0.39, 0.29) is 23.9 Å². The standard InChI is InChI=1S/C21H23FNO2/c1-21(2,3)25-20(24)23(14-15-7-5-4-6-8-15)19-13-18(19)16-9-11-17(22)12-10-16/h4-7,9-12,18-19H,13-14H2,1-3H3. The molecule has 3 nitrogen and oxygen atoms in total. The fourth-order valence-corrected chi connectivity index (χ4v) is 2.94. The third-order valence-corrected chi connectivity index (χ3v) is 4.20. The normalized spacial score (nSPS) is 19.4. The Balaban J connectivity index is 1.77. The minimum atomic E-state index is -0.546. The van der Waals surface area contributed by atoms with Gasteiger partial charge < -0.3 is 9.64 Å². The minimum Gasteiger partial charge on any atom is -0.444 e. The molecule has 1 amide bonds. The van der Waals surface area contributed by atoms with Gasteiger partial charge in [-0.2, -0.15) is 0 Å². The third kappa shape index (κ3) is 4.59. The number of ether oxygens (including phenoxy) is 1. The summed E-state index contributed by atoms with van der Waals surface area (Å²) in [5.74, 6) is -0.0272. The van der Waals surface area contributed by atoms with E-state index < -0.39 is 5.60 Å². The molecule has 0 aromatic heterocycles. The molecule has 1 saturated carbocycles. The van der Waals surface area contributed by atoms with Gasteiger partial charge >= 0.3 is 6.09 Å². The van der Waals surface area contributed by atoms with Gasteiger partial charge in [0, 0.05) is 18.5 Å². The molecule has 1 fully saturated rings. The number of hydrogen-bond donors (Lipinski definition) is 0. The maximum Gasteiger partial charge on any atom is 0.410 e. The van der Waals surface area contributed by atoms with Crippen molar-refractivity contribution in [3.8, 4) is 0 Å². The van der Waals surface area contributed by atoms with Crippen LogP contribution in [0.1, 0.15) is 44.2 Å². The lowest BCUT2D eigenvalue weighted by Gasteiger charge is -2.28. The second-order valence-electron chi connectivity index (χ2n) is 7.46. The SMILES string of the molecule is CC(C)(C)OC(=O)N(Cc1[c]cccc1)C1CC1c1ccc(F)cc1. The van der Waals surface area contributed by atoms with Gasteiger partial charge in [-0.05, 0) is 56.5 Å². The largest absolute Gasteiger partial charge is 0.444 e. The highest BCUT2D eigenvalue weighted by atomic mass is 19.1. The number of hydrogen-bond acceptors (Lipinski definition) is 2. The van der Waals surface area contributed by atoms with Gasteiger partial charge in [0.2, 0.25) is 0 Å². The lowest BCUT2D eigenvalue weighted by molar-refractivity contribution is 0.0212. The molecule has 4 heteroatoms. The van der Waals surface area contributed by atoms with Gasteiger partial charge in [-0.1, -0.05) is 36.4 Å². The summed E-state index contributed by atoms with van der Waals surface area (Å²) in [5.41, 5.74) is 1.45. The Morgan fingerprint density at radius 3 is 2.56 bits per heavy atom. The Labute approximate surface area is 148 Å². The van der Waals surface area contributed by atoms with Gasteiger partial charge in [-0.25, -0.2) is 9.18 Å². The Kier molecular flexibility index (Phi) is 4.80. The first-order valence-electron chi connectivity index (χ1n) is 8.54. The number of amides is 1. The van der Waals surface area contributed by atoms with Crippen LogP contribution in [0.3, 0.4) is 0 Å². The summed E-state index contributed by atoms with van der Waals surface area (Å²) in [5, 5.41) is 0. The van der Waals surface area contributed by atoms with Crippen LogP contribution in [0.2, 0.25) is 0 Å². The van der Waals surface area contributed by atoms with Crippen molar-refractivity contribution < 1.29 is 13.9 Å². The van der Waals surface area contributed by atoms with E-state index in [0.29, 0.717) is 6.54 Å². The number of rotatable bonds is 4. The van der Waals surface area contributed by atoms with E-state index in [1.54, 1.807) is 17.0 Å². The number of nitrogens with zero attached hydrogens (tertiary/aromatic N) is 1. The van der Waals surface area contributed by atoms with E-state index in [0.717, 1.165) is 17.5 Å². The Bertz CT molecular complexity index is 722. The molecule has 3 rings (SSSR count). The number of carbonyl (C=O) groups is 1. The zero-order chi connectivity index (χ0) is 18.0. The number of carbonyl (C=O) groups excluding carboxylic acids is 1. The van der Waals surface area contributed by atoms with Gasteiger partial charge in [0.15, 0.2) is 0 Å². The molecule has 0 spiro atoms. The lowest BCUT2D eigenvalue weighted by Crippen LogP contribution is -2.38. The molecule has 25 heavy (non-hydrogen) atoms. The fraction of sp³-hybridized carbons (Fsp3) is 0.381. The van der Waals surface area contributed by atoms with Crippen molar-refractivity contribution >= 4 is 6.09 Å². The van der Waals surface area contributed by atoms with Crippen LogP contribution in [-0.4, -0.2) is 22.6 Å². The second-order valence-corrected chi connectivity index (χ2v) is 7.46. The molecule has 2 aromatic rings. The summed E-state index contributed by atoms with van der Waals surface area (Å²) in [6, 6.07) is 17.4. The Morgan fingerprint density at radius 1 is 1.24 bits per heavy atom. The van der Waals surface area contributed by atoms with Crippen molar-refractivity contribution in [2.24, 2.45) is 0 Å². The summed E-state index contributed by atoms with van der Waals surface area (Å²) in [6.07, 6.45) is 0.539. The van der Waals surface area contributed by atoms with E-state index in [9.17, 15) is 9.18 Å². The average molecular weight is 340 g/mol. The van der Waals surface area contributed by atoms with Crippen molar-refractivity contribution in [1.82, 2.24) is 4.90 Å². The topological polar surface area (TPSA) is 29.5 Å². The zero-order valence-corrected chi connectivity index (χ0v) is 14.8. The molecule has 0 saturated heterocycles. The average Bonchev–Trinajstić information content (AvgIpc) is 3.33. The van der Waals surface area contributed by atoms with Crippen LogP contribution in [0.5, 0.6) is 0 Å². The van der Waals surface area contributed by atoms with Crippen LogP contribution < -0.4 is 0 Å². The Hall–Kier alpha value is -2.36. The van der Waals surface area contributed by atoms with E-state index in [4.69, 9.17) is 4.74 Å². The van der Waals surface area contributed by atoms with Crippen molar-refractivity contribution in [2.45, 2.75) is 51.3 Å². The zero-order valence-electron chi connectivity index (χ0n) is 14.8. The van der Waals surface area contributed by atoms with E-state index in [1.165, 1.54) is 12.1 Å². The summed E-state index contributed by atoms with van der Waals surface area (Å²) < 4.78 is 18.7. The number of halogens is 1. The van der Waals surface area contributed by atoms with Crippen LogP contribution in [0.15, 0.2) is 48.5 Å². The molecule has 2 aromatic carbocycles. The van der Waals surface area contributed by atoms with E-state index in [1.807, 2.05) is 45.0 Å². The van der Waals surface area contributed by atoms with Crippen LogP contribution in [0, 0.1) is 11.9 Å². The van der Waals surface area contributed by atoms with Gasteiger partial charge in [0.1, 0.15) is 11.4 Å². The molecule has 2 unspecified atom stereocenters. The van der Waals surface area contributed by atoms with Crippen LogP contribution in [0.4, 0.5) is 9.18 Å². The first-order valence-corrected chi connectivity index (χ1v) is 8.54. The first-order chi connectivity index (χ1) is 11.8. The molecule has 131 valence electrons. The van der Waals surface area contributed by atoms with Crippen molar-refractivity contribution in [2.75, 3.05) is 0 Å². The predicted molar refractivity (Wildman–Crippen MR) is 94.6 cm³/mol. The monoisotopic (exact) mass is 340 g/mol. The molecule has 0 heterocycles. The van der Waals surface area contributed by atoms with Crippen LogP contribution >= 0.6 is 0 Å². The van der Waals surface area contributed by atoms with Gasteiger partial charge in [-0.15, -0.1) is 0 Å². The quantitative estimate of drug-likeness (QED) is 0.791. The Morgan fingerprint density at radius 2 is 1.96 bits per heavy atom. The van der Waals surface area contributed by atoms with Crippen LogP contribution in [0.25, 0.3) is 0 Å². The van der Waals surface area contributed by atoms with Gasteiger partial charge in [0.25, 0.3) is 0 Å². The smallest absolute Gasteiger partial charge is 0.410 e. The summed E-state index contributed by atoms with van der Waals surface area (Å²) in [4.78, 5) is 14.5. The van der Waals surface area contributed by atoms with E-state index in [2.05, 4.69) is 6.07 Å². The molecule has 0 N–H and O–H groups in total. The first kappa shape index (κ1) is 17.5. The molecule has 0 bridgehead atoms. The lowest BCUT2D eigenvalue weighted by atomic mass is 10.1. The highest BCUT2D eigenvalue weighted by Gasteiger charge is 2.46. The minimum absolute atomic E-state index is 0.0638. The molecule has 1 aliphatic carbocycles. The number of benzene rings is 2. The summed E-state index contributed by atoms with van der Waals surface area (Å²) in [7, 11) is 0. The van der Waals surface area contributed by atoms with Crippen LogP contribution in [-0.2, 0) is 11.3 Å². The fourth-order valence-electron chi connectivity index (χ4n) is 2.94. The highest BCUT2D eigenvalue weighted by Crippen LogP contribution is 2.45. The van der Waals surface area contributed by atoms with Gasteiger partial charge in [-0.3, -0.25) is 0 Å². The van der Waals surface area contributed by atoms with E-state index >= 15 is 0 Å². The second kappa shape index (κ2) is 6.87. The predicted octanol–water partition coefficient (Wildman–Crippen LogP) is 4.92. The maximum absolute atomic E-state index is 13.1. The maximum atomic E-state index is 13.1. The molecule has 0 aliphatic heterocycles. The molecular weight excluding hydrogens is 317 g/mol. The van der Waals surface area contributed by atoms with Crippen molar-refractivity contribution in [3.63, 3.8) is 0 Å². The summed E-state index contributed by atoms with van der Waals surface area (Å²) in [6.45, 7) is 6.05. The van der Waals surface area contributed by atoms with Gasteiger partial charge in [0.05, 0.1) is 0 Å². The van der Waals surface area contributed by atoms with Crippen molar-refractivity contribution in [1.29, 1.82) is 0 Å². The van der Waals surface area contributed by atoms with Crippen molar-refractivity contribution in [3.05, 3.63) is 71.5 Å². The molecule has 2 atom stereocenters. The summed E-state index contributed by atoms with van der Waals surface area (Å²) >= 11 is 0. The molecule has 1 radical (unpaired) electrons.